The van der Waals surface area contributed by atoms with Crippen LogP contribution in [-0.4, -0.2) is 18.4 Å². The molecule has 0 aromatic heterocycles. The zero-order valence-corrected chi connectivity index (χ0v) is 8.17. The number of hydrogen-bond donors (Lipinski definition) is 2. The van der Waals surface area contributed by atoms with Crippen LogP contribution in [0.1, 0.15) is 5.56 Å². The highest BCUT2D eigenvalue weighted by Gasteiger charge is 2.17. The topological polar surface area (TPSA) is 50.7 Å². The second-order valence-electron chi connectivity index (χ2n) is 2.90. The van der Waals surface area contributed by atoms with Crippen molar-refractivity contribution in [3.05, 3.63) is 22.7 Å². The molecule has 1 aliphatic rings. The number of hydrogen-bond acceptors (Lipinski definition) is 4. The fraction of sp³-hybridized carbons (Fsp3) is 0.333. The monoisotopic (exact) mass is 215 g/mol. The molecule has 76 valence electrons. The van der Waals surface area contributed by atoms with Crippen molar-refractivity contribution in [1.82, 2.24) is 5.48 Å². The van der Waals surface area contributed by atoms with Crippen LogP contribution in [0.3, 0.4) is 0 Å². The Labute approximate surface area is 86.3 Å². The first-order chi connectivity index (χ1) is 6.83. The molecule has 2 N–H and O–H groups in total. The molecule has 1 aromatic rings. The molecule has 0 unspecified atom stereocenters. The predicted octanol–water partition coefficient (Wildman–Crippen LogP) is 1.59. The van der Waals surface area contributed by atoms with E-state index < -0.39 is 0 Å². The third kappa shape index (κ3) is 1.64. The van der Waals surface area contributed by atoms with Crippen molar-refractivity contribution in [2.45, 2.75) is 6.54 Å². The number of hydroxylamine groups is 1. The Morgan fingerprint density at radius 2 is 2.14 bits per heavy atom. The minimum Gasteiger partial charge on any atom is -0.486 e. The summed E-state index contributed by atoms with van der Waals surface area (Å²) in [5, 5.41) is 9.06. The number of rotatable bonds is 2. The molecule has 0 bridgehead atoms. The largest absolute Gasteiger partial charge is 0.486 e. The average molecular weight is 216 g/mol. The maximum atomic E-state index is 8.57. The predicted molar refractivity (Wildman–Crippen MR) is 51.1 cm³/mol. The summed E-state index contributed by atoms with van der Waals surface area (Å²) < 4.78 is 10.7. The first kappa shape index (κ1) is 9.58. The smallest absolute Gasteiger partial charge is 0.180 e. The van der Waals surface area contributed by atoms with Crippen molar-refractivity contribution in [3.63, 3.8) is 0 Å². The van der Waals surface area contributed by atoms with E-state index in [0.717, 1.165) is 5.56 Å². The van der Waals surface area contributed by atoms with E-state index in [0.29, 0.717) is 29.7 Å². The molecular formula is C9H10ClNO3. The molecule has 0 aliphatic carbocycles. The molecule has 5 heteroatoms. The Bertz CT molecular complexity index is 343. The molecule has 0 saturated carbocycles. The van der Waals surface area contributed by atoms with Crippen molar-refractivity contribution in [2.75, 3.05) is 13.2 Å². The SMILES string of the molecule is ONCc1ccc2c(c1Cl)OCCO2. The first-order valence-corrected chi connectivity index (χ1v) is 4.64. The molecule has 0 atom stereocenters. The van der Waals surface area contributed by atoms with Gasteiger partial charge < -0.3 is 14.7 Å². The molecule has 0 fully saturated rings. The third-order valence-electron chi connectivity index (χ3n) is 2.00. The van der Waals surface area contributed by atoms with Gasteiger partial charge in [-0.3, -0.25) is 0 Å². The van der Waals surface area contributed by atoms with Gasteiger partial charge in [-0.05, 0) is 11.6 Å². The zero-order chi connectivity index (χ0) is 9.97. The minimum absolute atomic E-state index is 0.287. The summed E-state index contributed by atoms with van der Waals surface area (Å²) >= 11 is 6.05. The summed E-state index contributed by atoms with van der Waals surface area (Å²) in [6, 6.07) is 3.58. The molecular weight excluding hydrogens is 206 g/mol. The Morgan fingerprint density at radius 1 is 1.36 bits per heavy atom. The van der Waals surface area contributed by atoms with Crippen molar-refractivity contribution in [2.24, 2.45) is 0 Å². The van der Waals surface area contributed by atoms with Gasteiger partial charge in [0.2, 0.25) is 0 Å². The molecule has 0 spiro atoms. The van der Waals surface area contributed by atoms with Crippen molar-refractivity contribution < 1.29 is 14.7 Å². The van der Waals surface area contributed by atoms with E-state index in [1.165, 1.54) is 0 Å². The minimum atomic E-state index is 0.287. The van der Waals surface area contributed by atoms with Crippen LogP contribution < -0.4 is 15.0 Å². The fourth-order valence-corrected chi connectivity index (χ4v) is 1.62. The van der Waals surface area contributed by atoms with Gasteiger partial charge in [0.05, 0.1) is 5.02 Å². The highest BCUT2D eigenvalue weighted by Crippen LogP contribution is 2.39. The standard InChI is InChI=1S/C9H10ClNO3/c10-8-6(5-11-12)1-2-7-9(8)14-4-3-13-7/h1-2,11-12H,3-5H2. The van der Waals surface area contributed by atoms with Crippen molar-refractivity contribution >= 4 is 11.6 Å². The molecule has 0 radical (unpaired) electrons. The van der Waals surface area contributed by atoms with Crippen LogP contribution in [-0.2, 0) is 6.54 Å². The summed E-state index contributed by atoms with van der Waals surface area (Å²) in [5.74, 6) is 1.22. The lowest BCUT2D eigenvalue weighted by Crippen LogP contribution is -2.16. The van der Waals surface area contributed by atoms with Gasteiger partial charge in [-0.15, -0.1) is 0 Å². The van der Waals surface area contributed by atoms with Gasteiger partial charge in [0, 0.05) is 6.54 Å². The molecule has 4 nitrogen and oxygen atoms in total. The maximum absolute atomic E-state index is 8.57. The first-order valence-electron chi connectivity index (χ1n) is 4.27. The van der Waals surface area contributed by atoms with Crippen LogP contribution in [0.15, 0.2) is 12.1 Å². The molecule has 14 heavy (non-hydrogen) atoms. The fourth-order valence-electron chi connectivity index (χ4n) is 1.34. The normalized spacial score (nSPS) is 14.1. The summed E-state index contributed by atoms with van der Waals surface area (Å²) in [6.45, 7) is 1.33. The Balaban J connectivity index is 2.38. The van der Waals surface area contributed by atoms with E-state index in [4.69, 9.17) is 26.3 Å². The van der Waals surface area contributed by atoms with Crippen LogP contribution in [0, 0.1) is 0 Å². The lowest BCUT2D eigenvalue weighted by molar-refractivity contribution is 0.159. The summed E-state index contributed by atoms with van der Waals surface area (Å²) in [4.78, 5) is 0. The highest BCUT2D eigenvalue weighted by atomic mass is 35.5. The van der Waals surface area contributed by atoms with Gasteiger partial charge >= 0.3 is 0 Å². The summed E-state index contributed by atoms with van der Waals surface area (Å²) in [7, 11) is 0. The molecule has 0 saturated heterocycles. The second kappa shape index (κ2) is 4.04. The Hall–Kier alpha value is -0.970. The number of nitrogens with one attached hydrogen (secondary N) is 1. The van der Waals surface area contributed by atoms with Gasteiger partial charge in [-0.2, -0.15) is 0 Å². The van der Waals surface area contributed by atoms with Gasteiger partial charge in [0.15, 0.2) is 11.5 Å². The van der Waals surface area contributed by atoms with E-state index >= 15 is 0 Å². The van der Waals surface area contributed by atoms with Crippen LogP contribution >= 0.6 is 11.6 Å². The lowest BCUT2D eigenvalue weighted by Gasteiger charge is -2.20. The number of halogens is 1. The van der Waals surface area contributed by atoms with Gasteiger partial charge in [0.1, 0.15) is 13.2 Å². The number of benzene rings is 1. The molecule has 0 amide bonds. The van der Waals surface area contributed by atoms with E-state index in [1.54, 1.807) is 12.1 Å². The maximum Gasteiger partial charge on any atom is 0.180 e. The summed E-state index contributed by atoms with van der Waals surface area (Å²) in [5.41, 5.74) is 2.83. The van der Waals surface area contributed by atoms with Crippen molar-refractivity contribution in [3.8, 4) is 11.5 Å². The van der Waals surface area contributed by atoms with Crippen LogP contribution in [0.25, 0.3) is 0 Å². The molecule has 1 heterocycles. The second-order valence-corrected chi connectivity index (χ2v) is 3.28. The lowest BCUT2D eigenvalue weighted by atomic mass is 10.2. The van der Waals surface area contributed by atoms with Gasteiger partial charge in [-0.25, -0.2) is 5.48 Å². The Kier molecular flexibility index (Phi) is 2.77. The van der Waals surface area contributed by atoms with Crippen LogP contribution in [0.4, 0.5) is 0 Å². The average Bonchev–Trinajstić information content (AvgIpc) is 2.23. The quantitative estimate of drug-likeness (QED) is 0.736. The van der Waals surface area contributed by atoms with E-state index in [-0.39, 0.29) is 6.54 Å². The van der Waals surface area contributed by atoms with Gasteiger partial charge in [0.25, 0.3) is 0 Å². The van der Waals surface area contributed by atoms with Gasteiger partial charge in [-0.1, -0.05) is 17.7 Å². The van der Waals surface area contributed by atoms with Crippen LogP contribution in [0.2, 0.25) is 5.02 Å². The Morgan fingerprint density at radius 3 is 2.93 bits per heavy atom. The number of ether oxygens (including phenoxy) is 2. The van der Waals surface area contributed by atoms with E-state index in [2.05, 4.69) is 5.48 Å². The zero-order valence-electron chi connectivity index (χ0n) is 7.42. The highest BCUT2D eigenvalue weighted by molar-refractivity contribution is 6.33. The molecule has 1 aliphatic heterocycles. The summed E-state index contributed by atoms with van der Waals surface area (Å²) in [6.07, 6.45) is 0. The van der Waals surface area contributed by atoms with Crippen LogP contribution in [0.5, 0.6) is 11.5 Å². The van der Waals surface area contributed by atoms with E-state index in [9.17, 15) is 0 Å². The number of fused-ring (bicyclic) bond motifs is 1. The van der Waals surface area contributed by atoms with E-state index in [1.807, 2.05) is 0 Å². The molecule has 1 aromatic carbocycles. The molecule has 2 rings (SSSR count). The van der Waals surface area contributed by atoms with Crippen molar-refractivity contribution in [1.29, 1.82) is 0 Å². The third-order valence-corrected chi connectivity index (χ3v) is 2.41.